The lowest BCUT2D eigenvalue weighted by Crippen LogP contribution is -2.32. The average Bonchev–Trinajstić information content (AvgIpc) is 3.21. The number of para-hydroxylation sites is 1. The van der Waals surface area contributed by atoms with Crippen molar-refractivity contribution in [3.05, 3.63) is 68.6 Å². The molecular weight excluding hydrogens is 354 g/mol. The molecule has 0 fully saturated rings. The van der Waals surface area contributed by atoms with Gasteiger partial charge in [0.15, 0.2) is 4.96 Å². The van der Waals surface area contributed by atoms with Gasteiger partial charge in [-0.15, -0.1) is 11.3 Å². The molecule has 2 N–H and O–H groups in total. The predicted octanol–water partition coefficient (Wildman–Crippen LogP) is 1.11. The molecule has 8 nitrogen and oxygen atoms in total. The minimum absolute atomic E-state index is 0.123. The summed E-state index contributed by atoms with van der Waals surface area (Å²) < 4.78 is 3.31. The van der Waals surface area contributed by atoms with Gasteiger partial charge in [0.2, 0.25) is 5.91 Å². The number of H-pyrrole nitrogens is 1. The normalized spacial score (nSPS) is 11.2. The Morgan fingerprint density at radius 2 is 2.12 bits per heavy atom. The van der Waals surface area contributed by atoms with E-state index in [0.717, 1.165) is 10.7 Å². The zero-order valence-corrected chi connectivity index (χ0v) is 14.5. The van der Waals surface area contributed by atoms with E-state index in [1.54, 1.807) is 24.3 Å². The van der Waals surface area contributed by atoms with Gasteiger partial charge in [0.25, 0.3) is 5.56 Å². The molecule has 3 heterocycles. The lowest BCUT2D eigenvalue weighted by molar-refractivity contribution is -0.121. The Morgan fingerprint density at radius 1 is 1.27 bits per heavy atom. The Balaban J connectivity index is 1.44. The van der Waals surface area contributed by atoms with Crippen LogP contribution < -0.4 is 16.6 Å². The number of aromatic nitrogens is 4. The number of benzene rings is 1. The third-order valence-corrected chi connectivity index (χ3v) is 4.85. The number of carbonyl (C=O) groups is 1. The molecule has 1 aromatic carbocycles. The molecule has 0 aliphatic rings. The summed E-state index contributed by atoms with van der Waals surface area (Å²) in [4.78, 5) is 43.6. The second-order valence-corrected chi connectivity index (χ2v) is 6.65. The monoisotopic (exact) mass is 369 g/mol. The maximum Gasteiger partial charge on any atom is 0.328 e. The zero-order chi connectivity index (χ0) is 18.1. The lowest BCUT2D eigenvalue weighted by Gasteiger charge is -2.09. The van der Waals surface area contributed by atoms with E-state index in [-0.39, 0.29) is 18.9 Å². The highest BCUT2D eigenvalue weighted by Crippen LogP contribution is 2.11. The summed E-state index contributed by atoms with van der Waals surface area (Å²) in [6, 6.07) is 6.83. The molecule has 0 atom stereocenters. The number of aryl methyl sites for hydroxylation is 1. The van der Waals surface area contributed by atoms with Crippen LogP contribution in [0.3, 0.4) is 0 Å². The molecule has 0 bridgehead atoms. The maximum absolute atomic E-state index is 12.1. The van der Waals surface area contributed by atoms with E-state index in [9.17, 15) is 14.4 Å². The number of nitrogens with one attached hydrogen (secondary N) is 2. The smallest absolute Gasteiger partial charge is 0.328 e. The van der Waals surface area contributed by atoms with Gasteiger partial charge in [-0.05, 0) is 12.1 Å². The minimum atomic E-state index is -0.518. The molecule has 0 saturated heterocycles. The van der Waals surface area contributed by atoms with Crippen molar-refractivity contribution in [2.75, 3.05) is 0 Å². The van der Waals surface area contributed by atoms with Crippen molar-refractivity contribution in [3.63, 3.8) is 0 Å². The lowest BCUT2D eigenvalue weighted by atomic mass is 10.2. The second-order valence-electron chi connectivity index (χ2n) is 5.78. The van der Waals surface area contributed by atoms with E-state index in [0.29, 0.717) is 17.4 Å². The van der Waals surface area contributed by atoms with E-state index in [2.05, 4.69) is 15.3 Å². The first-order chi connectivity index (χ1) is 12.6. The number of hydrogen-bond donors (Lipinski definition) is 2. The van der Waals surface area contributed by atoms with Gasteiger partial charge in [-0.25, -0.2) is 9.78 Å². The largest absolute Gasteiger partial charge is 0.350 e. The Morgan fingerprint density at radius 3 is 2.96 bits per heavy atom. The third-order valence-electron chi connectivity index (χ3n) is 4.08. The van der Waals surface area contributed by atoms with Crippen molar-refractivity contribution >= 4 is 33.1 Å². The molecule has 0 aliphatic heterocycles. The quantitative estimate of drug-likeness (QED) is 0.550. The van der Waals surface area contributed by atoms with Crippen LogP contribution in [0.1, 0.15) is 12.1 Å². The van der Waals surface area contributed by atoms with E-state index in [4.69, 9.17) is 0 Å². The van der Waals surface area contributed by atoms with Gasteiger partial charge in [0.05, 0.1) is 23.1 Å². The first-order valence-corrected chi connectivity index (χ1v) is 8.89. The number of thiazole rings is 1. The van der Waals surface area contributed by atoms with Crippen LogP contribution in [0.2, 0.25) is 0 Å². The number of aromatic amines is 1. The summed E-state index contributed by atoms with van der Waals surface area (Å²) in [5, 5.41) is 5.16. The summed E-state index contributed by atoms with van der Waals surface area (Å²) >= 11 is 1.53. The second kappa shape index (κ2) is 6.60. The molecular formula is C17H15N5O3S. The molecule has 0 radical (unpaired) electrons. The molecule has 0 spiro atoms. The van der Waals surface area contributed by atoms with Crippen molar-refractivity contribution in [2.45, 2.75) is 19.5 Å². The molecule has 26 heavy (non-hydrogen) atoms. The van der Waals surface area contributed by atoms with E-state index >= 15 is 0 Å². The SMILES string of the molecule is O=C(CCn1c(=O)[nH]c(=O)c2ccccc21)NCc1cn2ccsc2n1. The predicted molar refractivity (Wildman–Crippen MR) is 98.4 cm³/mol. The summed E-state index contributed by atoms with van der Waals surface area (Å²) in [7, 11) is 0. The topological polar surface area (TPSA) is 101 Å². The summed E-state index contributed by atoms with van der Waals surface area (Å²) in [6.07, 6.45) is 3.90. The summed E-state index contributed by atoms with van der Waals surface area (Å²) in [6.45, 7) is 0.509. The van der Waals surface area contributed by atoms with Crippen molar-refractivity contribution in [1.29, 1.82) is 0 Å². The number of carbonyl (C=O) groups excluding carboxylic acids is 1. The van der Waals surface area contributed by atoms with E-state index in [1.165, 1.54) is 15.9 Å². The maximum atomic E-state index is 12.1. The molecule has 4 rings (SSSR count). The molecule has 9 heteroatoms. The third kappa shape index (κ3) is 3.04. The highest BCUT2D eigenvalue weighted by atomic mass is 32.1. The van der Waals surface area contributed by atoms with Crippen molar-refractivity contribution in [2.24, 2.45) is 0 Å². The number of rotatable bonds is 5. The van der Waals surface area contributed by atoms with Crippen LogP contribution in [0.4, 0.5) is 0 Å². The van der Waals surface area contributed by atoms with Gasteiger partial charge in [-0.3, -0.25) is 23.5 Å². The van der Waals surface area contributed by atoms with Gasteiger partial charge >= 0.3 is 5.69 Å². The van der Waals surface area contributed by atoms with Crippen LogP contribution in [0.25, 0.3) is 15.9 Å². The Labute approximate surface area is 150 Å². The van der Waals surface area contributed by atoms with Crippen LogP contribution in [-0.4, -0.2) is 24.8 Å². The number of hydrogen-bond acceptors (Lipinski definition) is 5. The fourth-order valence-electron chi connectivity index (χ4n) is 2.82. The van der Waals surface area contributed by atoms with Gasteiger partial charge in [-0.1, -0.05) is 12.1 Å². The van der Waals surface area contributed by atoms with Crippen molar-refractivity contribution in [3.8, 4) is 0 Å². The molecule has 0 saturated carbocycles. The number of imidazole rings is 1. The summed E-state index contributed by atoms with van der Waals surface area (Å²) in [5.74, 6) is -0.191. The zero-order valence-electron chi connectivity index (χ0n) is 13.6. The van der Waals surface area contributed by atoms with Crippen molar-refractivity contribution < 1.29 is 4.79 Å². The highest BCUT2D eigenvalue weighted by Gasteiger charge is 2.10. The fourth-order valence-corrected chi connectivity index (χ4v) is 3.54. The van der Waals surface area contributed by atoms with Gasteiger partial charge in [0.1, 0.15) is 0 Å². The first kappa shape index (κ1) is 16.3. The fraction of sp³-hybridized carbons (Fsp3) is 0.176. The first-order valence-electron chi connectivity index (χ1n) is 8.01. The Hall–Kier alpha value is -3.20. The van der Waals surface area contributed by atoms with Crippen LogP contribution in [0.5, 0.6) is 0 Å². The molecule has 1 amide bonds. The van der Waals surface area contributed by atoms with Gasteiger partial charge < -0.3 is 5.32 Å². The highest BCUT2D eigenvalue weighted by molar-refractivity contribution is 7.15. The Bertz CT molecular complexity index is 1190. The van der Waals surface area contributed by atoms with Crippen LogP contribution in [0.15, 0.2) is 51.6 Å². The van der Waals surface area contributed by atoms with Crippen molar-refractivity contribution in [1.82, 2.24) is 24.3 Å². The van der Waals surface area contributed by atoms with Crippen LogP contribution in [-0.2, 0) is 17.9 Å². The minimum Gasteiger partial charge on any atom is -0.350 e. The van der Waals surface area contributed by atoms with Crippen LogP contribution in [0, 0.1) is 0 Å². The van der Waals surface area contributed by atoms with Crippen LogP contribution >= 0.6 is 11.3 Å². The number of nitrogens with zero attached hydrogens (tertiary/aromatic N) is 3. The van der Waals surface area contributed by atoms with Gasteiger partial charge in [0, 0.05) is 30.7 Å². The molecule has 4 aromatic rings. The number of fused-ring (bicyclic) bond motifs is 2. The van der Waals surface area contributed by atoms with Gasteiger partial charge in [-0.2, -0.15) is 0 Å². The van der Waals surface area contributed by atoms with E-state index in [1.807, 2.05) is 22.2 Å². The summed E-state index contributed by atoms with van der Waals surface area (Å²) in [5.41, 5.74) is 0.349. The molecule has 0 unspecified atom stereocenters. The molecule has 132 valence electrons. The average molecular weight is 369 g/mol. The molecule has 0 aliphatic carbocycles. The standard InChI is InChI=1S/C17H15N5O3S/c23-14(18-9-11-10-21-7-8-26-17(21)19-11)5-6-22-13-4-2-1-3-12(13)15(24)20-16(22)25/h1-4,7-8,10H,5-6,9H2,(H,18,23)(H,20,24,25). The molecule has 3 aromatic heterocycles. The number of amides is 1. The van der Waals surface area contributed by atoms with E-state index < -0.39 is 11.2 Å². The Kier molecular flexibility index (Phi) is 4.13.